The van der Waals surface area contributed by atoms with Crippen LogP contribution in [0.5, 0.6) is 0 Å². The van der Waals surface area contributed by atoms with Crippen molar-refractivity contribution in [1.29, 1.82) is 0 Å². The van der Waals surface area contributed by atoms with E-state index in [1.165, 1.54) is 48.7 Å². The summed E-state index contributed by atoms with van der Waals surface area (Å²) in [7, 11) is 0. The number of hydrogen-bond donors (Lipinski definition) is 3. The number of halogens is 1. The van der Waals surface area contributed by atoms with Gasteiger partial charge in [0.25, 0.3) is 11.8 Å². The third kappa shape index (κ3) is 4.80. The second-order valence-corrected chi connectivity index (χ2v) is 4.62. The lowest BCUT2D eigenvalue weighted by molar-refractivity contribution is -0.137. The molecule has 0 unspecified atom stereocenters. The Morgan fingerprint density at radius 1 is 1.17 bits per heavy atom. The molecule has 3 N–H and O–H groups in total. The van der Waals surface area contributed by atoms with Crippen molar-refractivity contribution in [2.24, 2.45) is 0 Å². The molecule has 0 aliphatic carbocycles. The van der Waals surface area contributed by atoms with Crippen molar-refractivity contribution >= 4 is 23.9 Å². The highest BCUT2D eigenvalue weighted by Crippen LogP contribution is 2.09. The zero-order valence-electron chi connectivity index (χ0n) is 12.3. The third-order valence-corrected chi connectivity index (χ3v) is 2.82. The van der Waals surface area contributed by atoms with Crippen LogP contribution < -0.4 is 10.6 Å². The summed E-state index contributed by atoms with van der Waals surface area (Å²) >= 11 is 0. The molecule has 0 saturated heterocycles. The average Bonchev–Trinajstić information content (AvgIpc) is 3.08. The van der Waals surface area contributed by atoms with Gasteiger partial charge in [-0.2, -0.15) is 0 Å². The zero-order valence-corrected chi connectivity index (χ0v) is 12.3. The molecule has 7 nitrogen and oxygen atoms in total. The van der Waals surface area contributed by atoms with Crippen LogP contribution in [0.25, 0.3) is 6.08 Å². The maximum absolute atomic E-state index is 12.9. The minimum atomic E-state index is -1.23. The second-order valence-electron chi connectivity index (χ2n) is 4.62. The normalized spacial score (nSPS) is 11.0. The quantitative estimate of drug-likeness (QED) is 0.693. The minimum absolute atomic E-state index is 0.0222. The first-order chi connectivity index (χ1) is 11.5. The first-order valence-electron chi connectivity index (χ1n) is 6.78. The minimum Gasteiger partial charge on any atom is -0.480 e. The summed E-state index contributed by atoms with van der Waals surface area (Å²) in [6.07, 6.45) is 2.58. The predicted octanol–water partition coefficient (Wildman–Crippen LogP) is 1.39. The molecular formula is C16H13FN2O5. The Hall–Kier alpha value is -3.42. The van der Waals surface area contributed by atoms with E-state index >= 15 is 0 Å². The molecule has 0 aliphatic heterocycles. The molecule has 0 fully saturated rings. The van der Waals surface area contributed by atoms with Crippen molar-refractivity contribution < 1.29 is 28.3 Å². The smallest absolute Gasteiger partial charge is 0.322 e. The van der Waals surface area contributed by atoms with Gasteiger partial charge in [-0.3, -0.25) is 14.4 Å². The second kappa shape index (κ2) is 7.73. The SMILES string of the molecule is O=C(O)CNC(=O)C(=Cc1ccc(F)cc1)NC(=O)c1ccco1. The number of carboxylic acids is 1. The summed E-state index contributed by atoms with van der Waals surface area (Å²) in [5.41, 5.74) is 0.237. The highest BCUT2D eigenvalue weighted by molar-refractivity contribution is 6.04. The van der Waals surface area contributed by atoms with Crippen molar-refractivity contribution in [2.75, 3.05) is 6.54 Å². The Morgan fingerprint density at radius 2 is 1.88 bits per heavy atom. The van der Waals surface area contributed by atoms with Gasteiger partial charge in [0, 0.05) is 0 Å². The number of furan rings is 1. The zero-order chi connectivity index (χ0) is 17.5. The van der Waals surface area contributed by atoms with E-state index in [9.17, 15) is 18.8 Å². The first-order valence-corrected chi connectivity index (χ1v) is 6.78. The lowest BCUT2D eigenvalue weighted by Crippen LogP contribution is -2.37. The van der Waals surface area contributed by atoms with E-state index in [1.807, 2.05) is 0 Å². The molecule has 0 radical (unpaired) electrons. The van der Waals surface area contributed by atoms with E-state index in [0.29, 0.717) is 5.56 Å². The van der Waals surface area contributed by atoms with Crippen LogP contribution in [0.1, 0.15) is 16.1 Å². The van der Waals surface area contributed by atoms with Crippen LogP contribution in [0.15, 0.2) is 52.8 Å². The number of hydrogen-bond acceptors (Lipinski definition) is 4. The van der Waals surface area contributed by atoms with Crippen LogP contribution >= 0.6 is 0 Å². The van der Waals surface area contributed by atoms with Gasteiger partial charge in [0.2, 0.25) is 0 Å². The number of aliphatic carboxylic acids is 1. The maximum Gasteiger partial charge on any atom is 0.322 e. The molecule has 2 aromatic rings. The first kappa shape index (κ1) is 16.9. The molecule has 1 aromatic heterocycles. The molecule has 2 rings (SSSR count). The number of rotatable bonds is 6. The van der Waals surface area contributed by atoms with Crippen molar-refractivity contribution in [3.05, 3.63) is 65.5 Å². The molecule has 0 atom stereocenters. The average molecular weight is 332 g/mol. The lowest BCUT2D eigenvalue weighted by atomic mass is 10.2. The van der Waals surface area contributed by atoms with Crippen LogP contribution in [0.4, 0.5) is 4.39 Å². The van der Waals surface area contributed by atoms with E-state index in [0.717, 1.165) is 0 Å². The molecule has 1 aromatic carbocycles. The number of carboxylic acid groups (broad SMARTS) is 1. The van der Waals surface area contributed by atoms with Crippen molar-refractivity contribution in [1.82, 2.24) is 10.6 Å². The molecule has 124 valence electrons. The van der Waals surface area contributed by atoms with Gasteiger partial charge in [-0.1, -0.05) is 12.1 Å². The molecule has 0 saturated carbocycles. The molecule has 8 heteroatoms. The van der Waals surface area contributed by atoms with E-state index in [4.69, 9.17) is 9.52 Å². The number of nitrogens with one attached hydrogen (secondary N) is 2. The Bertz CT molecular complexity index is 766. The molecule has 24 heavy (non-hydrogen) atoms. The Kier molecular flexibility index (Phi) is 5.45. The van der Waals surface area contributed by atoms with Gasteiger partial charge in [0.1, 0.15) is 18.1 Å². The Balaban J connectivity index is 2.23. The van der Waals surface area contributed by atoms with E-state index in [2.05, 4.69) is 10.6 Å². The summed E-state index contributed by atoms with van der Waals surface area (Å²) in [6.45, 7) is -0.615. The topological polar surface area (TPSA) is 109 Å². The molecule has 0 bridgehead atoms. The fraction of sp³-hybridized carbons (Fsp3) is 0.0625. The third-order valence-electron chi connectivity index (χ3n) is 2.82. The van der Waals surface area contributed by atoms with Crippen molar-refractivity contribution in [3.8, 4) is 0 Å². The van der Waals surface area contributed by atoms with E-state index in [-0.39, 0.29) is 11.5 Å². The highest BCUT2D eigenvalue weighted by Gasteiger charge is 2.16. The van der Waals surface area contributed by atoms with Crippen LogP contribution in [0.3, 0.4) is 0 Å². The van der Waals surface area contributed by atoms with E-state index < -0.39 is 30.1 Å². The standard InChI is InChI=1S/C16H13FN2O5/c17-11-5-3-10(4-6-11)8-12(15(22)18-9-14(20)21)19-16(23)13-2-1-7-24-13/h1-8H,9H2,(H,18,22)(H,19,23)(H,20,21). The van der Waals surface area contributed by atoms with Crippen molar-refractivity contribution in [2.45, 2.75) is 0 Å². The number of benzene rings is 1. The Morgan fingerprint density at radius 3 is 2.46 bits per heavy atom. The lowest BCUT2D eigenvalue weighted by Gasteiger charge is -2.09. The molecule has 0 spiro atoms. The largest absolute Gasteiger partial charge is 0.480 e. The highest BCUT2D eigenvalue weighted by atomic mass is 19.1. The van der Waals surface area contributed by atoms with Gasteiger partial charge in [-0.25, -0.2) is 4.39 Å². The number of carbonyl (C=O) groups is 3. The van der Waals surface area contributed by atoms with Crippen LogP contribution in [0.2, 0.25) is 0 Å². The van der Waals surface area contributed by atoms with Gasteiger partial charge in [-0.05, 0) is 35.9 Å². The van der Waals surface area contributed by atoms with Crippen molar-refractivity contribution in [3.63, 3.8) is 0 Å². The molecular weight excluding hydrogens is 319 g/mol. The molecule has 0 aliphatic rings. The van der Waals surface area contributed by atoms with E-state index in [1.54, 1.807) is 0 Å². The van der Waals surface area contributed by atoms with Gasteiger partial charge in [-0.15, -0.1) is 0 Å². The molecule has 1 heterocycles. The van der Waals surface area contributed by atoms with Crippen LogP contribution in [-0.2, 0) is 9.59 Å². The summed E-state index contributed by atoms with van der Waals surface area (Å²) in [5, 5.41) is 13.1. The Labute approximate surface area is 135 Å². The predicted molar refractivity (Wildman–Crippen MR) is 81.2 cm³/mol. The summed E-state index contributed by atoms with van der Waals surface area (Å²) in [4.78, 5) is 34.6. The van der Waals surface area contributed by atoms with Gasteiger partial charge < -0.3 is 20.2 Å². The van der Waals surface area contributed by atoms with Gasteiger partial charge >= 0.3 is 5.97 Å². The summed E-state index contributed by atoms with van der Waals surface area (Å²) < 4.78 is 17.9. The summed E-state index contributed by atoms with van der Waals surface area (Å²) in [5.74, 6) is -3.20. The fourth-order valence-electron chi connectivity index (χ4n) is 1.73. The monoisotopic (exact) mass is 332 g/mol. The summed E-state index contributed by atoms with van der Waals surface area (Å²) in [6, 6.07) is 8.08. The van der Waals surface area contributed by atoms with Gasteiger partial charge in [0.05, 0.1) is 6.26 Å². The van der Waals surface area contributed by atoms with Crippen LogP contribution in [-0.4, -0.2) is 29.4 Å². The van der Waals surface area contributed by atoms with Gasteiger partial charge in [0.15, 0.2) is 5.76 Å². The fourth-order valence-corrected chi connectivity index (χ4v) is 1.73. The van der Waals surface area contributed by atoms with Crippen LogP contribution in [0, 0.1) is 5.82 Å². The number of carbonyl (C=O) groups excluding carboxylic acids is 2. The maximum atomic E-state index is 12.9. The number of amides is 2. The molecule has 2 amide bonds.